The number of nitrogens with zero attached hydrogens (tertiary/aromatic N) is 4. The van der Waals surface area contributed by atoms with Gasteiger partial charge in [-0.2, -0.15) is 0 Å². The summed E-state index contributed by atoms with van der Waals surface area (Å²) < 4.78 is 5.11. The molecular weight excluding hydrogens is 1360 g/mol. The summed E-state index contributed by atoms with van der Waals surface area (Å²) in [6, 6.07) is 116. The van der Waals surface area contributed by atoms with Gasteiger partial charge in [-0.15, -0.1) is 0 Å². The smallest absolute Gasteiger partial charge is 0.252 e. The van der Waals surface area contributed by atoms with Gasteiger partial charge in [0, 0.05) is 61.4 Å². The third-order valence-electron chi connectivity index (χ3n) is 26.8. The van der Waals surface area contributed by atoms with Gasteiger partial charge in [0.2, 0.25) is 0 Å². The first-order chi connectivity index (χ1) is 54.2. The van der Waals surface area contributed by atoms with Crippen LogP contribution in [0.25, 0.3) is 111 Å². The molecule has 0 bridgehead atoms. The number of para-hydroxylation sites is 1. The zero-order valence-corrected chi connectivity index (χ0v) is 68.0. The molecule has 5 heteroatoms. The number of anilines is 6. The summed E-state index contributed by atoms with van der Waals surface area (Å²) in [6.07, 6.45) is 4.68. The lowest BCUT2D eigenvalue weighted by Crippen LogP contribution is -2.61. The molecular formula is C108H99BN4. The van der Waals surface area contributed by atoms with E-state index in [1.165, 1.54) is 151 Å². The molecule has 0 unspecified atom stereocenters. The average molecular weight is 1460 g/mol. The third-order valence-corrected chi connectivity index (χ3v) is 26.8. The van der Waals surface area contributed by atoms with E-state index in [1.54, 1.807) is 0 Å². The molecule has 0 N–H and O–H groups in total. The van der Waals surface area contributed by atoms with Crippen LogP contribution in [0.3, 0.4) is 0 Å². The van der Waals surface area contributed by atoms with Crippen molar-refractivity contribution < 1.29 is 0 Å². The Bertz CT molecular complexity index is 6450. The maximum atomic E-state index is 2.65. The van der Waals surface area contributed by atoms with E-state index in [9.17, 15) is 0 Å². The summed E-state index contributed by atoms with van der Waals surface area (Å²) in [5.74, 6) is 0. The lowest BCUT2D eigenvalue weighted by atomic mass is 9.33. The highest BCUT2D eigenvalue weighted by Crippen LogP contribution is 2.53. The first-order valence-corrected chi connectivity index (χ1v) is 41.1. The molecule has 2 aliphatic carbocycles. The molecule has 554 valence electrons. The predicted molar refractivity (Wildman–Crippen MR) is 484 cm³/mol. The van der Waals surface area contributed by atoms with Crippen LogP contribution in [-0.4, -0.2) is 15.8 Å². The van der Waals surface area contributed by atoms with E-state index in [0.29, 0.717) is 0 Å². The first-order valence-electron chi connectivity index (χ1n) is 41.1. The Hall–Kier alpha value is -11.7. The topological polar surface area (TPSA) is 16.3 Å². The van der Waals surface area contributed by atoms with Gasteiger partial charge in [0.25, 0.3) is 6.71 Å². The monoisotopic (exact) mass is 1460 g/mol. The molecule has 0 saturated carbocycles. The van der Waals surface area contributed by atoms with Crippen LogP contribution in [0.4, 0.5) is 34.1 Å². The van der Waals surface area contributed by atoms with E-state index < -0.39 is 0 Å². The van der Waals surface area contributed by atoms with Gasteiger partial charge in [-0.3, -0.25) is 0 Å². The summed E-state index contributed by atoms with van der Waals surface area (Å²) in [4.78, 5) is 5.29. The molecule has 0 amide bonds. The zero-order valence-electron chi connectivity index (χ0n) is 68.0. The largest absolute Gasteiger partial charge is 0.311 e. The van der Waals surface area contributed by atoms with Gasteiger partial charge in [-0.25, -0.2) is 0 Å². The highest BCUT2D eigenvalue weighted by atomic mass is 15.2. The van der Waals surface area contributed by atoms with E-state index in [1.807, 2.05) is 0 Å². The summed E-state index contributed by atoms with van der Waals surface area (Å²) >= 11 is 0. The van der Waals surface area contributed by atoms with Gasteiger partial charge in [-0.1, -0.05) is 297 Å². The molecule has 0 atom stereocenters. The third kappa shape index (κ3) is 11.5. The molecule has 4 aliphatic rings. The minimum Gasteiger partial charge on any atom is -0.311 e. The second kappa shape index (κ2) is 25.4. The van der Waals surface area contributed by atoms with Crippen LogP contribution < -0.4 is 26.2 Å². The highest BCUT2D eigenvalue weighted by Gasteiger charge is 2.46. The molecule has 16 aromatic rings. The number of rotatable bonds is 9. The van der Waals surface area contributed by atoms with Crippen molar-refractivity contribution in [3.8, 4) is 67.0 Å². The van der Waals surface area contributed by atoms with Crippen LogP contribution in [0.5, 0.6) is 0 Å². The number of fused-ring (bicyclic) bond motifs is 12. The molecule has 4 heterocycles. The number of hydrogen-bond acceptors (Lipinski definition) is 2. The van der Waals surface area contributed by atoms with Gasteiger partial charge in [0.05, 0.1) is 27.8 Å². The van der Waals surface area contributed by atoms with Crippen LogP contribution in [0, 0.1) is 0 Å². The maximum absolute atomic E-state index is 2.65. The number of benzene rings is 14. The maximum Gasteiger partial charge on any atom is 0.252 e. The van der Waals surface area contributed by atoms with Gasteiger partial charge < -0.3 is 18.9 Å². The quantitative estimate of drug-likeness (QED) is 0.134. The van der Waals surface area contributed by atoms with Crippen LogP contribution >= 0.6 is 0 Å². The van der Waals surface area contributed by atoms with Crippen LogP contribution in [0.1, 0.15) is 156 Å². The van der Waals surface area contributed by atoms with Gasteiger partial charge in [-0.05, 0) is 261 Å². The highest BCUT2D eigenvalue weighted by molar-refractivity contribution is 7.00. The normalized spacial score (nSPS) is 15.8. The Kier molecular flexibility index (Phi) is 15.9. The Balaban J connectivity index is 0.877. The van der Waals surface area contributed by atoms with Gasteiger partial charge in [0.1, 0.15) is 0 Å². The summed E-state index contributed by atoms with van der Waals surface area (Å²) in [5, 5.41) is 4.92. The Morgan fingerprint density at radius 2 is 0.584 bits per heavy atom. The molecule has 0 radical (unpaired) electrons. The molecule has 0 fully saturated rings. The van der Waals surface area contributed by atoms with E-state index in [2.05, 4.69) is 413 Å². The Labute approximate surface area is 668 Å². The van der Waals surface area contributed by atoms with Crippen molar-refractivity contribution >= 4 is 101 Å². The molecule has 0 saturated heterocycles. The first kappa shape index (κ1) is 70.5. The molecule has 113 heavy (non-hydrogen) atoms. The van der Waals surface area contributed by atoms with Crippen molar-refractivity contribution in [3.05, 3.63) is 331 Å². The molecule has 2 aromatic heterocycles. The molecule has 0 spiro atoms. The average Bonchev–Trinajstić information content (AvgIpc) is 1.37. The second-order valence-corrected chi connectivity index (χ2v) is 37.9. The van der Waals surface area contributed by atoms with Crippen molar-refractivity contribution in [1.29, 1.82) is 0 Å². The SMILES string of the molecule is CC(C)(C)c1ccc(-c2ccc3c(c2)N(c2ccc(-c4ccc5c(c4)C(C)(C)CCC5(C)C)cc2)c2cc(-n4c5ccc(-c6ccccc6)cc5c5cc(-c6ccccc6)ccc54)cc4c2B3c2ccc(-n3c5ccccc5c5cc(C(C)(C)C)ccc53)cc2N4c2ccc(-c3ccc4c(c3)C(C)(C)CCC4(C)C)cc2)cc1. The lowest BCUT2D eigenvalue weighted by molar-refractivity contribution is 0.332. The summed E-state index contributed by atoms with van der Waals surface area (Å²) in [7, 11) is 0. The van der Waals surface area contributed by atoms with Gasteiger partial charge >= 0.3 is 0 Å². The minimum absolute atomic E-state index is 0.00507. The number of aromatic nitrogens is 2. The number of hydrogen-bond donors (Lipinski definition) is 0. The van der Waals surface area contributed by atoms with Crippen LogP contribution in [0.2, 0.25) is 0 Å². The fourth-order valence-electron chi connectivity index (χ4n) is 19.9. The Morgan fingerprint density at radius 3 is 1.08 bits per heavy atom. The van der Waals surface area contributed by atoms with Crippen molar-refractivity contribution in [2.45, 2.75) is 155 Å². The second-order valence-electron chi connectivity index (χ2n) is 37.9. The Morgan fingerprint density at radius 1 is 0.248 bits per heavy atom. The van der Waals surface area contributed by atoms with E-state index in [-0.39, 0.29) is 39.2 Å². The van der Waals surface area contributed by atoms with Crippen molar-refractivity contribution in [3.63, 3.8) is 0 Å². The van der Waals surface area contributed by atoms with E-state index in [4.69, 9.17) is 0 Å². The molecule has 4 nitrogen and oxygen atoms in total. The van der Waals surface area contributed by atoms with Crippen LogP contribution in [-0.2, 0) is 32.5 Å². The minimum atomic E-state index is -0.185. The summed E-state index contributed by atoms with van der Waals surface area (Å²) in [5.41, 5.74) is 38.4. The van der Waals surface area contributed by atoms with Crippen LogP contribution in [0.15, 0.2) is 297 Å². The lowest BCUT2D eigenvalue weighted by Gasteiger charge is -2.44. The molecule has 20 rings (SSSR count). The standard InChI is InChI=1S/C108H99BN4/c1-103(2,3)78-40-29-70(30-41-78)77-37-50-92-98(63-77)110(80-43-31-71(32-44-80)75-35-48-88-90(61-75)107(11,12)57-55-105(88,7)8)100-66-83(113-95-52-38-73(68-23-17-15-18-24-68)59-85(95)86-60-74(39-53-96(86)113)69-25-19-16-20-26-69)67-101-102(100)109(92)93-51-47-82(112-94-28-22-21-27-84(94)87-64-79(104(4,5)6)42-54-97(87)112)65-99(93)111(101)81-45-33-72(34-46-81)76-36-49-89-91(62-76)108(13,14)58-56-106(89,9)10/h15-54,59-67H,55-58H2,1-14H3. The summed E-state index contributed by atoms with van der Waals surface area (Å²) in [6.45, 7) is 33.2. The zero-order chi connectivity index (χ0) is 77.6. The van der Waals surface area contributed by atoms with Gasteiger partial charge in [0.15, 0.2) is 0 Å². The van der Waals surface area contributed by atoms with E-state index in [0.717, 1.165) is 69.4 Å². The fourth-order valence-corrected chi connectivity index (χ4v) is 19.9. The van der Waals surface area contributed by atoms with E-state index >= 15 is 0 Å². The van der Waals surface area contributed by atoms with Crippen molar-refractivity contribution in [2.24, 2.45) is 0 Å². The predicted octanol–water partition coefficient (Wildman–Crippen LogP) is 27.6. The van der Waals surface area contributed by atoms with Crippen molar-refractivity contribution in [1.82, 2.24) is 9.13 Å². The molecule has 14 aromatic carbocycles. The molecule has 2 aliphatic heterocycles. The fraction of sp³-hybridized carbons (Fsp3) is 0.222. The van der Waals surface area contributed by atoms with Crippen molar-refractivity contribution in [2.75, 3.05) is 9.80 Å².